The Morgan fingerprint density at radius 2 is 1.68 bits per heavy atom. The highest BCUT2D eigenvalue weighted by Crippen LogP contribution is 2.23. The van der Waals surface area contributed by atoms with Gasteiger partial charge in [0, 0.05) is 50.6 Å². The molecule has 1 aliphatic heterocycles. The van der Waals surface area contributed by atoms with Crippen molar-refractivity contribution >= 4 is 33.2 Å². The van der Waals surface area contributed by atoms with Gasteiger partial charge in [0.1, 0.15) is 23.8 Å². The first-order valence-corrected chi connectivity index (χ1v) is 10.9. The molecule has 0 unspecified atom stereocenters. The molecule has 31 heavy (non-hydrogen) atoms. The Hall–Kier alpha value is -3.64. The summed E-state index contributed by atoms with van der Waals surface area (Å²) in [6.07, 6.45) is 3.12. The number of nitro benzene ring substituents is 1. The van der Waals surface area contributed by atoms with Gasteiger partial charge in [-0.2, -0.15) is 4.31 Å². The fourth-order valence-electron chi connectivity index (χ4n) is 3.20. The number of benzene rings is 1. The van der Waals surface area contributed by atoms with Crippen LogP contribution in [0.15, 0.2) is 66.0 Å². The lowest BCUT2D eigenvalue weighted by molar-refractivity contribution is -0.384. The van der Waals surface area contributed by atoms with Crippen LogP contribution in [0, 0.1) is 10.1 Å². The van der Waals surface area contributed by atoms with Crippen molar-refractivity contribution in [3.8, 4) is 0 Å². The van der Waals surface area contributed by atoms with Gasteiger partial charge in [-0.15, -0.1) is 0 Å². The molecule has 0 radical (unpaired) electrons. The first-order valence-electron chi connectivity index (χ1n) is 9.43. The number of aromatic nitrogens is 3. The second-order valence-electron chi connectivity index (χ2n) is 6.74. The molecule has 0 bridgehead atoms. The molecule has 0 spiro atoms. The Morgan fingerprint density at radius 3 is 2.32 bits per heavy atom. The number of hydrogen-bond acceptors (Lipinski definition) is 9. The third-order valence-electron chi connectivity index (χ3n) is 4.82. The molecule has 2 aromatic heterocycles. The number of rotatable bonds is 6. The number of nitrogens with one attached hydrogen (secondary N) is 1. The van der Waals surface area contributed by atoms with Gasteiger partial charge in [0.15, 0.2) is 0 Å². The Kier molecular flexibility index (Phi) is 5.73. The van der Waals surface area contributed by atoms with Crippen LogP contribution in [-0.2, 0) is 10.0 Å². The highest BCUT2D eigenvalue weighted by Gasteiger charge is 2.29. The molecule has 0 saturated carbocycles. The number of non-ortho nitro benzene ring substituents is 1. The quantitative estimate of drug-likeness (QED) is 0.450. The van der Waals surface area contributed by atoms with Crippen LogP contribution in [0.4, 0.5) is 23.1 Å². The maximum atomic E-state index is 12.9. The van der Waals surface area contributed by atoms with Crippen LogP contribution in [0.2, 0.25) is 0 Å². The summed E-state index contributed by atoms with van der Waals surface area (Å²) in [4.78, 5) is 24.9. The molecule has 0 atom stereocenters. The first kappa shape index (κ1) is 20.6. The van der Waals surface area contributed by atoms with Crippen molar-refractivity contribution in [2.24, 2.45) is 0 Å². The van der Waals surface area contributed by atoms with Gasteiger partial charge >= 0.3 is 0 Å². The fourth-order valence-corrected chi connectivity index (χ4v) is 4.62. The topological polar surface area (TPSA) is 134 Å². The van der Waals surface area contributed by atoms with Crippen LogP contribution in [0.3, 0.4) is 0 Å². The molecule has 1 fully saturated rings. The van der Waals surface area contributed by atoms with E-state index >= 15 is 0 Å². The monoisotopic (exact) mass is 441 g/mol. The van der Waals surface area contributed by atoms with Crippen LogP contribution < -0.4 is 10.2 Å². The van der Waals surface area contributed by atoms with E-state index in [1.807, 2.05) is 23.1 Å². The van der Waals surface area contributed by atoms with Crippen molar-refractivity contribution in [1.29, 1.82) is 0 Å². The summed E-state index contributed by atoms with van der Waals surface area (Å²) in [5, 5.41) is 13.9. The molecule has 1 N–H and O–H groups in total. The number of hydrogen-bond donors (Lipinski definition) is 1. The fraction of sp³-hybridized carbons (Fsp3) is 0.211. The second kappa shape index (κ2) is 8.62. The second-order valence-corrected chi connectivity index (χ2v) is 8.68. The zero-order chi connectivity index (χ0) is 21.8. The van der Waals surface area contributed by atoms with Crippen molar-refractivity contribution in [2.45, 2.75) is 4.90 Å². The molecule has 0 amide bonds. The van der Waals surface area contributed by atoms with Gasteiger partial charge in [-0.25, -0.2) is 23.4 Å². The Bertz CT molecular complexity index is 1170. The predicted molar refractivity (Wildman–Crippen MR) is 114 cm³/mol. The van der Waals surface area contributed by atoms with Gasteiger partial charge in [-0.3, -0.25) is 10.1 Å². The number of nitrogens with zero attached hydrogens (tertiary/aromatic N) is 6. The van der Waals surface area contributed by atoms with E-state index in [2.05, 4.69) is 20.3 Å². The minimum absolute atomic E-state index is 0.0374. The summed E-state index contributed by atoms with van der Waals surface area (Å²) in [6.45, 7) is 1.44. The van der Waals surface area contributed by atoms with Crippen LogP contribution in [0.25, 0.3) is 0 Å². The molecular formula is C19H19N7O4S. The molecule has 4 rings (SSSR count). The minimum atomic E-state index is -3.73. The van der Waals surface area contributed by atoms with E-state index in [1.165, 1.54) is 34.9 Å². The molecular weight excluding hydrogens is 422 g/mol. The third-order valence-corrected chi connectivity index (χ3v) is 6.73. The number of pyridine rings is 1. The summed E-state index contributed by atoms with van der Waals surface area (Å²) in [5.41, 5.74) is -0.150. The SMILES string of the molecule is O=[N+]([O-])c1ccc(S(=O)(=O)N2CCN(c3cc(Nc4ccccn4)ncn3)CC2)cc1. The van der Waals surface area contributed by atoms with Gasteiger partial charge in [0.25, 0.3) is 5.69 Å². The highest BCUT2D eigenvalue weighted by molar-refractivity contribution is 7.89. The average molecular weight is 441 g/mol. The van der Waals surface area contributed by atoms with E-state index in [4.69, 9.17) is 0 Å². The maximum Gasteiger partial charge on any atom is 0.269 e. The zero-order valence-electron chi connectivity index (χ0n) is 16.3. The summed E-state index contributed by atoms with van der Waals surface area (Å²) in [7, 11) is -3.73. The summed E-state index contributed by atoms with van der Waals surface area (Å²) in [5.74, 6) is 1.93. The van der Waals surface area contributed by atoms with E-state index in [0.717, 1.165) is 0 Å². The van der Waals surface area contributed by atoms with Crippen molar-refractivity contribution in [3.63, 3.8) is 0 Å². The average Bonchev–Trinajstić information content (AvgIpc) is 2.80. The smallest absolute Gasteiger partial charge is 0.269 e. The van der Waals surface area contributed by atoms with Crippen LogP contribution in [0.1, 0.15) is 0 Å². The molecule has 3 aromatic rings. The third kappa shape index (κ3) is 4.59. The normalized spacial score (nSPS) is 14.9. The standard InChI is InChI=1S/C19H19N7O4S/c27-26(28)15-4-6-16(7-5-15)31(29,30)25-11-9-24(10-12-25)19-13-18(21-14-22-19)23-17-3-1-2-8-20-17/h1-8,13-14H,9-12H2,(H,20,21,22,23). The van der Waals surface area contributed by atoms with E-state index in [-0.39, 0.29) is 23.7 Å². The number of piperazine rings is 1. The van der Waals surface area contributed by atoms with E-state index in [1.54, 1.807) is 12.3 Å². The van der Waals surface area contributed by atoms with Crippen LogP contribution in [0.5, 0.6) is 0 Å². The Labute approximate surface area is 178 Å². The van der Waals surface area contributed by atoms with Crippen LogP contribution >= 0.6 is 0 Å². The van der Waals surface area contributed by atoms with Gasteiger partial charge in [-0.05, 0) is 24.3 Å². The molecule has 12 heteroatoms. The van der Waals surface area contributed by atoms with E-state index in [9.17, 15) is 18.5 Å². The zero-order valence-corrected chi connectivity index (χ0v) is 17.1. The Morgan fingerprint density at radius 1 is 0.935 bits per heavy atom. The summed E-state index contributed by atoms with van der Waals surface area (Å²) < 4.78 is 27.1. The van der Waals surface area contributed by atoms with Gasteiger partial charge in [0.2, 0.25) is 10.0 Å². The van der Waals surface area contributed by atoms with Crippen molar-refractivity contribution in [3.05, 3.63) is 71.2 Å². The number of nitro groups is 1. The van der Waals surface area contributed by atoms with Gasteiger partial charge in [-0.1, -0.05) is 6.07 Å². The summed E-state index contributed by atoms with van der Waals surface area (Å²) >= 11 is 0. The summed E-state index contributed by atoms with van der Waals surface area (Å²) in [6, 6.07) is 12.2. The maximum absolute atomic E-state index is 12.9. The molecule has 160 valence electrons. The molecule has 11 nitrogen and oxygen atoms in total. The van der Waals surface area contributed by atoms with Gasteiger partial charge < -0.3 is 10.2 Å². The Balaban J connectivity index is 1.42. The predicted octanol–water partition coefficient (Wildman–Crippen LogP) is 2.03. The number of anilines is 3. The molecule has 1 aromatic carbocycles. The van der Waals surface area contributed by atoms with E-state index in [0.29, 0.717) is 30.5 Å². The van der Waals surface area contributed by atoms with E-state index < -0.39 is 14.9 Å². The molecule has 0 aliphatic carbocycles. The lowest BCUT2D eigenvalue weighted by Gasteiger charge is -2.34. The first-order chi connectivity index (χ1) is 14.9. The van der Waals surface area contributed by atoms with Crippen molar-refractivity contribution < 1.29 is 13.3 Å². The van der Waals surface area contributed by atoms with Crippen LogP contribution in [-0.4, -0.2) is 58.8 Å². The molecule has 3 heterocycles. The van der Waals surface area contributed by atoms with Crippen molar-refractivity contribution in [1.82, 2.24) is 19.3 Å². The minimum Gasteiger partial charge on any atom is -0.354 e. The lowest BCUT2D eigenvalue weighted by Crippen LogP contribution is -2.48. The largest absolute Gasteiger partial charge is 0.354 e. The number of sulfonamides is 1. The molecule has 1 saturated heterocycles. The highest BCUT2D eigenvalue weighted by atomic mass is 32.2. The lowest BCUT2D eigenvalue weighted by atomic mass is 10.3. The van der Waals surface area contributed by atoms with Gasteiger partial charge in [0.05, 0.1) is 9.82 Å². The van der Waals surface area contributed by atoms with Crippen molar-refractivity contribution in [2.75, 3.05) is 36.4 Å². The molecule has 1 aliphatic rings.